The van der Waals surface area contributed by atoms with Gasteiger partial charge in [-0.2, -0.15) is 0 Å². The SMILES string of the molecule is CCOC(=O)C[C@@H]1CC[C@@H]2[C@@H](S(=O)(=O)c3ccccc3)CCC[C@@]12C. The lowest BCUT2D eigenvalue weighted by molar-refractivity contribution is -0.145. The number of fused-ring (bicyclic) bond motifs is 1. The fourth-order valence-corrected chi connectivity index (χ4v) is 7.38. The fourth-order valence-electron chi connectivity index (χ4n) is 5.14. The number of carbonyl (C=O) groups excluding carboxylic acids is 1. The third kappa shape index (κ3) is 3.35. The molecule has 0 heterocycles. The first kappa shape index (κ1) is 18.4. The van der Waals surface area contributed by atoms with Crippen molar-refractivity contribution in [3.8, 4) is 0 Å². The summed E-state index contributed by atoms with van der Waals surface area (Å²) < 4.78 is 31.6. The minimum absolute atomic E-state index is 0.0858. The van der Waals surface area contributed by atoms with Gasteiger partial charge in [-0.1, -0.05) is 31.5 Å². The number of benzene rings is 1. The Morgan fingerprint density at radius 2 is 1.92 bits per heavy atom. The average molecular weight is 365 g/mol. The van der Waals surface area contributed by atoms with E-state index in [4.69, 9.17) is 4.74 Å². The molecule has 4 nitrogen and oxygen atoms in total. The fraction of sp³-hybridized carbons (Fsp3) is 0.650. The van der Waals surface area contributed by atoms with Crippen molar-refractivity contribution in [3.05, 3.63) is 30.3 Å². The van der Waals surface area contributed by atoms with Gasteiger partial charge in [0.15, 0.2) is 9.84 Å². The Labute approximate surface area is 150 Å². The first-order chi connectivity index (χ1) is 11.9. The van der Waals surface area contributed by atoms with Crippen molar-refractivity contribution in [1.29, 1.82) is 0 Å². The molecule has 2 aliphatic carbocycles. The van der Waals surface area contributed by atoms with E-state index in [1.165, 1.54) is 0 Å². The zero-order valence-electron chi connectivity index (χ0n) is 15.1. The van der Waals surface area contributed by atoms with Crippen LogP contribution in [-0.4, -0.2) is 26.2 Å². The summed E-state index contributed by atoms with van der Waals surface area (Å²) in [6.07, 6.45) is 4.85. The van der Waals surface area contributed by atoms with Gasteiger partial charge in [0.1, 0.15) is 0 Å². The second-order valence-corrected chi connectivity index (χ2v) is 9.85. The normalized spacial score (nSPS) is 32.2. The van der Waals surface area contributed by atoms with E-state index in [9.17, 15) is 13.2 Å². The van der Waals surface area contributed by atoms with Crippen LogP contribution in [0.3, 0.4) is 0 Å². The standard InChI is InChI=1S/C20H28O4S/c1-3-24-19(21)14-15-11-12-17-18(10-7-13-20(15,17)2)25(22,23)16-8-5-4-6-9-16/h4-6,8-9,15,17-18H,3,7,10-14H2,1-2H3/t15-,17+,18-,20-/m0/s1. The number of ether oxygens (including phenoxy) is 1. The molecule has 0 spiro atoms. The maximum Gasteiger partial charge on any atom is 0.306 e. The number of hydrogen-bond donors (Lipinski definition) is 0. The van der Waals surface area contributed by atoms with Gasteiger partial charge >= 0.3 is 5.97 Å². The van der Waals surface area contributed by atoms with E-state index in [1.807, 2.05) is 13.0 Å². The van der Waals surface area contributed by atoms with E-state index >= 15 is 0 Å². The molecule has 2 saturated carbocycles. The van der Waals surface area contributed by atoms with Crippen molar-refractivity contribution in [2.24, 2.45) is 17.3 Å². The van der Waals surface area contributed by atoms with E-state index < -0.39 is 9.84 Å². The van der Waals surface area contributed by atoms with E-state index in [0.717, 1.165) is 32.1 Å². The molecule has 0 saturated heterocycles. The first-order valence-electron chi connectivity index (χ1n) is 9.34. The highest BCUT2D eigenvalue weighted by molar-refractivity contribution is 7.92. The zero-order valence-corrected chi connectivity index (χ0v) is 15.9. The molecular formula is C20H28O4S. The molecule has 2 fully saturated rings. The zero-order chi connectivity index (χ0) is 18.1. The largest absolute Gasteiger partial charge is 0.466 e. The number of carbonyl (C=O) groups is 1. The predicted octanol–water partition coefficient (Wildman–Crippen LogP) is 4.00. The van der Waals surface area contributed by atoms with Crippen molar-refractivity contribution in [3.63, 3.8) is 0 Å². The van der Waals surface area contributed by atoms with Gasteiger partial charge in [0.2, 0.25) is 0 Å². The minimum atomic E-state index is -3.33. The predicted molar refractivity (Wildman–Crippen MR) is 96.8 cm³/mol. The summed E-state index contributed by atoms with van der Waals surface area (Å²) in [4.78, 5) is 12.4. The molecule has 0 N–H and O–H groups in total. The lowest BCUT2D eigenvalue weighted by Gasteiger charge is -2.44. The van der Waals surface area contributed by atoms with E-state index in [2.05, 4.69) is 6.92 Å². The number of esters is 1. The van der Waals surface area contributed by atoms with Gasteiger partial charge in [-0.3, -0.25) is 4.79 Å². The van der Waals surface area contributed by atoms with E-state index in [0.29, 0.717) is 17.9 Å². The van der Waals surface area contributed by atoms with Crippen LogP contribution in [-0.2, 0) is 19.4 Å². The molecule has 2 aliphatic rings. The van der Waals surface area contributed by atoms with Gasteiger partial charge in [0.25, 0.3) is 0 Å². The van der Waals surface area contributed by atoms with Gasteiger partial charge in [0, 0.05) is 6.42 Å². The highest BCUT2D eigenvalue weighted by atomic mass is 32.2. The Hall–Kier alpha value is -1.36. The molecule has 0 aromatic heterocycles. The topological polar surface area (TPSA) is 60.4 Å². The molecule has 0 bridgehead atoms. The first-order valence-corrected chi connectivity index (χ1v) is 10.9. The molecule has 25 heavy (non-hydrogen) atoms. The quantitative estimate of drug-likeness (QED) is 0.741. The van der Waals surface area contributed by atoms with Crippen molar-refractivity contribution < 1.29 is 17.9 Å². The second kappa shape index (κ2) is 7.10. The minimum Gasteiger partial charge on any atom is -0.466 e. The molecule has 5 heteroatoms. The van der Waals surface area contributed by atoms with Crippen LogP contribution in [0.25, 0.3) is 0 Å². The van der Waals surface area contributed by atoms with Gasteiger partial charge in [-0.15, -0.1) is 0 Å². The molecule has 138 valence electrons. The Morgan fingerprint density at radius 1 is 1.20 bits per heavy atom. The maximum atomic E-state index is 13.2. The van der Waals surface area contributed by atoms with Gasteiger partial charge < -0.3 is 4.74 Å². The van der Waals surface area contributed by atoms with Crippen LogP contribution < -0.4 is 0 Å². The number of hydrogen-bond acceptors (Lipinski definition) is 4. The summed E-state index contributed by atoms with van der Waals surface area (Å²) in [6, 6.07) is 8.81. The summed E-state index contributed by atoms with van der Waals surface area (Å²) >= 11 is 0. The van der Waals surface area contributed by atoms with E-state index in [-0.39, 0.29) is 28.5 Å². The highest BCUT2D eigenvalue weighted by Gasteiger charge is 2.54. The van der Waals surface area contributed by atoms with Crippen LogP contribution in [0.2, 0.25) is 0 Å². The molecule has 1 aromatic carbocycles. The summed E-state index contributed by atoms with van der Waals surface area (Å²) in [5.41, 5.74) is -0.0858. The lowest BCUT2D eigenvalue weighted by Crippen LogP contribution is -2.44. The molecule has 3 rings (SSSR count). The summed E-state index contributed by atoms with van der Waals surface area (Å²) in [5.74, 6) is 0.207. The van der Waals surface area contributed by atoms with Crippen LogP contribution in [0.5, 0.6) is 0 Å². The van der Waals surface area contributed by atoms with E-state index in [1.54, 1.807) is 24.3 Å². The lowest BCUT2D eigenvalue weighted by atomic mass is 9.64. The summed E-state index contributed by atoms with van der Waals surface area (Å²) in [5, 5.41) is -0.333. The maximum absolute atomic E-state index is 13.2. The van der Waals surface area contributed by atoms with Crippen molar-refractivity contribution in [2.75, 3.05) is 6.61 Å². The Kier molecular flexibility index (Phi) is 5.24. The average Bonchev–Trinajstić information content (AvgIpc) is 2.92. The second-order valence-electron chi connectivity index (χ2n) is 7.68. The van der Waals surface area contributed by atoms with Crippen molar-refractivity contribution in [1.82, 2.24) is 0 Å². The highest BCUT2D eigenvalue weighted by Crippen LogP contribution is 2.58. The van der Waals surface area contributed by atoms with Crippen LogP contribution >= 0.6 is 0 Å². The van der Waals surface area contributed by atoms with Crippen molar-refractivity contribution >= 4 is 15.8 Å². The number of sulfone groups is 1. The van der Waals surface area contributed by atoms with Crippen LogP contribution in [0.1, 0.15) is 52.4 Å². The van der Waals surface area contributed by atoms with Gasteiger partial charge in [-0.25, -0.2) is 8.42 Å². The third-order valence-electron chi connectivity index (χ3n) is 6.45. The van der Waals surface area contributed by atoms with Gasteiger partial charge in [-0.05, 0) is 62.0 Å². The Morgan fingerprint density at radius 3 is 2.60 bits per heavy atom. The Balaban J connectivity index is 1.85. The molecule has 4 atom stereocenters. The van der Waals surface area contributed by atoms with Crippen LogP contribution in [0, 0.1) is 17.3 Å². The molecule has 0 radical (unpaired) electrons. The van der Waals surface area contributed by atoms with Crippen LogP contribution in [0.4, 0.5) is 0 Å². The summed E-state index contributed by atoms with van der Waals surface area (Å²) in [7, 11) is -3.33. The molecule has 0 amide bonds. The molecule has 0 unspecified atom stereocenters. The monoisotopic (exact) mass is 364 g/mol. The molecule has 0 aliphatic heterocycles. The smallest absolute Gasteiger partial charge is 0.306 e. The Bertz CT molecular complexity index is 712. The van der Waals surface area contributed by atoms with Crippen molar-refractivity contribution in [2.45, 2.75) is 62.5 Å². The molecular weight excluding hydrogens is 336 g/mol. The molecule has 1 aromatic rings. The van der Waals surface area contributed by atoms with Crippen LogP contribution in [0.15, 0.2) is 35.2 Å². The number of rotatable bonds is 5. The van der Waals surface area contributed by atoms with Gasteiger partial charge in [0.05, 0.1) is 16.8 Å². The third-order valence-corrected chi connectivity index (χ3v) is 8.74. The summed E-state index contributed by atoms with van der Waals surface area (Å²) in [6.45, 7) is 4.41.